The van der Waals surface area contributed by atoms with Gasteiger partial charge in [0.05, 0.1) is 18.3 Å². The highest BCUT2D eigenvalue weighted by molar-refractivity contribution is 6.06. The third kappa shape index (κ3) is 3.35. The number of carbonyl (C=O) groups is 1. The number of para-hydroxylation sites is 1. The molecule has 2 aromatic heterocycles. The Kier molecular flexibility index (Phi) is 4.29. The minimum atomic E-state index is -0.242. The fraction of sp³-hybridized carbons (Fsp3) is 0.0556. The topological polar surface area (TPSA) is 64.1 Å². The van der Waals surface area contributed by atoms with Crippen LogP contribution in [0.3, 0.4) is 0 Å². The van der Waals surface area contributed by atoms with Gasteiger partial charge in [-0.2, -0.15) is 0 Å². The molecule has 0 aliphatic rings. The molecule has 5 nitrogen and oxygen atoms in total. The van der Waals surface area contributed by atoms with Crippen LogP contribution < -0.4 is 10.1 Å². The predicted octanol–water partition coefficient (Wildman–Crippen LogP) is 3.29. The highest BCUT2D eigenvalue weighted by atomic mass is 16.5. The van der Waals surface area contributed by atoms with Gasteiger partial charge in [-0.15, -0.1) is 0 Å². The number of nitrogens with one attached hydrogen (secondary N) is 1. The van der Waals surface area contributed by atoms with Gasteiger partial charge in [-0.05, 0) is 30.3 Å². The average molecular weight is 305 g/mol. The maximum atomic E-state index is 12.1. The number of pyridine rings is 2. The Balaban J connectivity index is 1.80. The van der Waals surface area contributed by atoms with Gasteiger partial charge >= 0.3 is 0 Å². The van der Waals surface area contributed by atoms with Gasteiger partial charge in [-0.3, -0.25) is 14.8 Å². The van der Waals surface area contributed by atoms with Crippen LogP contribution in [0.4, 0.5) is 5.69 Å². The van der Waals surface area contributed by atoms with E-state index in [1.807, 2.05) is 36.4 Å². The van der Waals surface area contributed by atoms with Crippen molar-refractivity contribution in [2.24, 2.45) is 0 Å². The molecular formula is C18H15N3O2. The fourth-order valence-electron chi connectivity index (χ4n) is 2.22. The standard InChI is InChI=1S/C18H15N3O2/c1-23-16-7-3-2-5-13(16)8-9-17(22)21-15-10-12-19-14-6-4-11-20-18(14)15/h2-12H,1H3,(H,19,21,22)/b9-8+. The molecule has 1 amide bonds. The molecule has 5 heteroatoms. The highest BCUT2D eigenvalue weighted by Crippen LogP contribution is 2.20. The second-order valence-electron chi connectivity index (χ2n) is 4.79. The first-order valence-corrected chi connectivity index (χ1v) is 7.10. The second kappa shape index (κ2) is 6.70. The lowest BCUT2D eigenvalue weighted by molar-refractivity contribution is -0.111. The molecule has 0 unspecified atom stereocenters. The summed E-state index contributed by atoms with van der Waals surface area (Å²) in [6.45, 7) is 0. The number of amides is 1. The second-order valence-corrected chi connectivity index (χ2v) is 4.79. The van der Waals surface area contributed by atoms with Crippen LogP contribution in [0.5, 0.6) is 5.75 Å². The summed E-state index contributed by atoms with van der Waals surface area (Å²) >= 11 is 0. The molecule has 114 valence electrons. The lowest BCUT2D eigenvalue weighted by Crippen LogP contribution is -2.08. The maximum Gasteiger partial charge on any atom is 0.248 e. The van der Waals surface area contributed by atoms with Crippen molar-refractivity contribution in [1.82, 2.24) is 9.97 Å². The first-order valence-electron chi connectivity index (χ1n) is 7.10. The molecule has 3 aromatic rings. The lowest BCUT2D eigenvalue weighted by Gasteiger charge is -2.06. The van der Waals surface area contributed by atoms with E-state index in [4.69, 9.17) is 4.74 Å². The number of carbonyl (C=O) groups excluding carboxylic acids is 1. The molecule has 0 fully saturated rings. The van der Waals surface area contributed by atoms with Gasteiger partial charge in [0.2, 0.25) is 5.91 Å². The predicted molar refractivity (Wildman–Crippen MR) is 90.2 cm³/mol. The summed E-state index contributed by atoms with van der Waals surface area (Å²) in [7, 11) is 1.60. The monoisotopic (exact) mass is 305 g/mol. The number of methoxy groups -OCH3 is 1. The summed E-state index contributed by atoms with van der Waals surface area (Å²) in [4.78, 5) is 20.6. The molecular weight excluding hydrogens is 290 g/mol. The summed E-state index contributed by atoms with van der Waals surface area (Å²) in [6, 6.07) is 12.9. The van der Waals surface area contributed by atoms with E-state index >= 15 is 0 Å². The number of hydrogen-bond acceptors (Lipinski definition) is 4. The van der Waals surface area contributed by atoms with E-state index in [9.17, 15) is 4.79 Å². The molecule has 0 saturated heterocycles. The number of fused-ring (bicyclic) bond motifs is 1. The van der Waals surface area contributed by atoms with Gasteiger partial charge in [0.15, 0.2) is 0 Å². The number of anilines is 1. The SMILES string of the molecule is COc1ccccc1/C=C/C(=O)Nc1ccnc2cccnc12. The summed E-state index contributed by atoms with van der Waals surface area (Å²) in [5, 5.41) is 2.82. The molecule has 0 spiro atoms. The van der Waals surface area contributed by atoms with Crippen molar-refractivity contribution < 1.29 is 9.53 Å². The number of ether oxygens (including phenoxy) is 1. The van der Waals surface area contributed by atoms with E-state index in [-0.39, 0.29) is 5.91 Å². The van der Waals surface area contributed by atoms with Crippen LogP contribution in [0.2, 0.25) is 0 Å². The third-order valence-corrected chi connectivity index (χ3v) is 3.31. The summed E-state index contributed by atoms with van der Waals surface area (Å²) in [5.41, 5.74) is 2.86. The first kappa shape index (κ1) is 14.7. The summed E-state index contributed by atoms with van der Waals surface area (Å²) < 4.78 is 5.25. The largest absolute Gasteiger partial charge is 0.496 e. The average Bonchev–Trinajstić information content (AvgIpc) is 2.60. The number of nitrogens with zero attached hydrogens (tertiary/aromatic N) is 2. The minimum Gasteiger partial charge on any atom is -0.496 e. The van der Waals surface area contributed by atoms with Crippen molar-refractivity contribution in [3.8, 4) is 5.75 Å². The minimum absolute atomic E-state index is 0.242. The Morgan fingerprint density at radius 3 is 2.83 bits per heavy atom. The molecule has 0 atom stereocenters. The number of aromatic nitrogens is 2. The zero-order valence-electron chi connectivity index (χ0n) is 12.6. The van der Waals surface area contributed by atoms with Crippen LogP contribution in [-0.2, 0) is 4.79 Å². The Hall–Kier alpha value is -3.21. The molecule has 0 aliphatic carbocycles. The Labute approximate surface area is 133 Å². The van der Waals surface area contributed by atoms with Crippen LogP contribution in [-0.4, -0.2) is 23.0 Å². The summed E-state index contributed by atoms with van der Waals surface area (Å²) in [6.07, 6.45) is 6.49. The van der Waals surface area contributed by atoms with E-state index in [1.165, 1.54) is 6.08 Å². The van der Waals surface area contributed by atoms with Gasteiger partial charge in [-0.1, -0.05) is 18.2 Å². The van der Waals surface area contributed by atoms with E-state index in [2.05, 4.69) is 15.3 Å². The van der Waals surface area contributed by atoms with Crippen LogP contribution in [0.1, 0.15) is 5.56 Å². The number of rotatable bonds is 4. The van der Waals surface area contributed by atoms with Crippen LogP contribution in [0.25, 0.3) is 17.1 Å². The Morgan fingerprint density at radius 1 is 1.09 bits per heavy atom. The molecule has 1 aromatic carbocycles. The fourth-order valence-corrected chi connectivity index (χ4v) is 2.22. The summed E-state index contributed by atoms with van der Waals surface area (Å²) in [5.74, 6) is 0.474. The normalized spacial score (nSPS) is 10.8. The molecule has 0 aliphatic heterocycles. The highest BCUT2D eigenvalue weighted by Gasteiger charge is 2.05. The van der Waals surface area contributed by atoms with Gasteiger partial charge in [0.25, 0.3) is 0 Å². The molecule has 2 heterocycles. The van der Waals surface area contributed by atoms with Crippen molar-refractivity contribution in [1.29, 1.82) is 0 Å². The van der Waals surface area contributed by atoms with Crippen molar-refractivity contribution >= 4 is 28.7 Å². The van der Waals surface area contributed by atoms with Gasteiger partial charge in [0.1, 0.15) is 11.3 Å². The van der Waals surface area contributed by atoms with Crippen molar-refractivity contribution in [3.63, 3.8) is 0 Å². The smallest absolute Gasteiger partial charge is 0.248 e. The van der Waals surface area contributed by atoms with E-state index in [1.54, 1.807) is 31.6 Å². The van der Waals surface area contributed by atoms with Gasteiger partial charge in [0, 0.05) is 24.0 Å². The molecule has 1 N–H and O–H groups in total. The van der Waals surface area contributed by atoms with Gasteiger partial charge < -0.3 is 10.1 Å². The zero-order valence-corrected chi connectivity index (χ0v) is 12.6. The molecule has 0 radical (unpaired) electrons. The quantitative estimate of drug-likeness (QED) is 0.751. The number of benzene rings is 1. The molecule has 23 heavy (non-hydrogen) atoms. The first-order chi connectivity index (χ1) is 11.3. The third-order valence-electron chi connectivity index (χ3n) is 3.31. The zero-order chi connectivity index (χ0) is 16.1. The lowest BCUT2D eigenvalue weighted by atomic mass is 10.2. The van der Waals surface area contributed by atoms with Crippen molar-refractivity contribution in [2.45, 2.75) is 0 Å². The van der Waals surface area contributed by atoms with Crippen molar-refractivity contribution in [3.05, 3.63) is 66.5 Å². The van der Waals surface area contributed by atoms with E-state index in [0.29, 0.717) is 17.0 Å². The Morgan fingerprint density at radius 2 is 1.96 bits per heavy atom. The van der Waals surface area contributed by atoms with Gasteiger partial charge in [-0.25, -0.2) is 0 Å². The maximum absolute atomic E-state index is 12.1. The molecule has 0 bridgehead atoms. The van der Waals surface area contributed by atoms with Crippen LogP contribution in [0, 0.1) is 0 Å². The van der Waals surface area contributed by atoms with E-state index < -0.39 is 0 Å². The molecule has 3 rings (SSSR count). The van der Waals surface area contributed by atoms with E-state index in [0.717, 1.165) is 11.1 Å². The van der Waals surface area contributed by atoms with Crippen LogP contribution >= 0.6 is 0 Å². The molecule has 0 saturated carbocycles. The number of hydrogen-bond donors (Lipinski definition) is 1. The van der Waals surface area contributed by atoms with Crippen molar-refractivity contribution in [2.75, 3.05) is 12.4 Å². The van der Waals surface area contributed by atoms with Crippen LogP contribution in [0.15, 0.2) is 60.9 Å². The Bertz CT molecular complexity index is 870.